The molecule has 0 bridgehead atoms. The highest BCUT2D eigenvalue weighted by atomic mass is 35.5. The lowest BCUT2D eigenvalue weighted by Gasteiger charge is -2.38. The summed E-state index contributed by atoms with van der Waals surface area (Å²) in [4.78, 5) is 29.6. The molecule has 1 fully saturated rings. The average molecular weight is 461 g/mol. The summed E-state index contributed by atoms with van der Waals surface area (Å²) in [5.41, 5.74) is 1.36. The van der Waals surface area contributed by atoms with E-state index in [1.54, 1.807) is 49.3 Å². The number of ether oxygens (including phenoxy) is 3. The van der Waals surface area contributed by atoms with Crippen LogP contribution in [0.15, 0.2) is 42.5 Å². The van der Waals surface area contributed by atoms with Gasteiger partial charge in [-0.25, -0.2) is 4.79 Å². The molecule has 1 atom stereocenters. The van der Waals surface area contributed by atoms with Crippen molar-refractivity contribution in [1.29, 1.82) is 0 Å². The second kappa shape index (κ2) is 11.2. The van der Waals surface area contributed by atoms with Crippen molar-refractivity contribution in [2.45, 2.75) is 19.9 Å². The number of esters is 1. The average Bonchev–Trinajstić information content (AvgIpc) is 2.81. The zero-order chi connectivity index (χ0) is 23.1. The Balaban J connectivity index is 1.71. The van der Waals surface area contributed by atoms with E-state index in [-0.39, 0.29) is 11.9 Å². The van der Waals surface area contributed by atoms with E-state index in [4.69, 9.17) is 25.8 Å². The zero-order valence-electron chi connectivity index (χ0n) is 18.7. The third kappa shape index (κ3) is 5.53. The molecule has 172 valence electrons. The number of halogens is 1. The molecule has 2 aromatic rings. The summed E-state index contributed by atoms with van der Waals surface area (Å²) in [6, 6.07) is 11.9. The summed E-state index contributed by atoms with van der Waals surface area (Å²) < 4.78 is 16.2. The highest BCUT2D eigenvalue weighted by Gasteiger charge is 2.33. The predicted octanol–water partition coefficient (Wildman–Crippen LogP) is 3.81. The standard InChI is InChI=1S/C24H29ClN2O5/c1-4-31-20-11-8-18(16-21(20)30-3)23(28)27-14-12-26(13-15-27)22(24(29)32-5-2)17-6-9-19(25)10-7-17/h6-11,16,22H,4-5,12-15H2,1-3H3. The van der Waals surface area contributed by atoms with Gasteiger partial charge in [-0.05, 0) is 49.7 Å². The van der Waals surface area contributed by atoms with Crippen LogP contribution in [0.5, 0.6) is 11.5 Å². The van der Waals surface area contributed by atoms with Crippen molar-refractivity contribution in [2.75, 3.05) is 46.5 Å². The van der Waals surface area contributed by atoms with Crippen LogP contribution in [-0.2, 0) is 9.53 Å². The van der Waals surface area contributed by atoms with E-state index in [0.29, 0.717) is 61.5 Å². The van der Waals surface area contributed by atoms with E-state index in [9.17, 15) is 9.59 Å². The van der Waals surface area contributed by atoms with Crippen LogP contribution in [0.25, 0.3) is 0 Å². The molecule has 0 radical (unpaired) electrons. The van der Waals surface area contributed by atoms with Crippen LogP contribution in [0, 0.1) is 0 Å². The summed E-state index contributed by atoms with van der Waals surface area (Å²) in [5.74, 6) is 0.758. The van der Waals surface area contributed by atoms with Gasteiger partial charge in [0.05, 0.1) is 20.3 Å². The van der Waals surface area contributed by atoms with Crippen LogP contribution < -0.4 is 9.47 Å². The molecule has 1 aliphatic heterocycles. The van der Waals surface area contributed by atoms with E-state index in [1.807, 2.05) is 24.0 Å². The van der Waals surface area contributed by atoms with Gasteiger partial charge in [-0.3, -0.25) is 9.69 Å². The van der Waals surface area contributed by atoms with Crippen molar-refractivity contribution >= 4 is 23.5 Å². The molecule has 1 unspecified atom stereocenters. The summed E-state index contributed by atoms with van der Waals surface area (Å²) >= 11 is 6.01. The highest BCUT2D eigenvalue weighted by molar-refractivity contribution is 6.30. The van der Waals surface area contributed by atoms with Crippen LogP contribution in [0.3, 0.4) is 0 Å². The molecule has 0 spiro atoms. The lowest BCUT2D eigenvalue weighted by Crippen LogP contribution is -2.51. The first-order chi connectivity index (χ1) is 15.5. The van der Waals surface area contributed by atoms with Crippen molar-refractivity contribution in [3.63, 3.8) is 0 Å². The lowest BCUT2D eigenvalue weighted by molar-refractivity contribution is -0.150. The Bertz CT molecular complexity index is 926. The number of hydrogen-bond donors (Lipinski definition) is 0. The van der Waals surface area contributed by atoms with Gasteiger partial charge >= 0.3 is 5.97 Å². The maximum absolute atomic E-state index is 13.1. The largest absolute Gasteiger partial charge is 0.493 e. The number of nitrogens with zero attached hydrogens (tertiary/aromatic N) is 2. The topological polar surface area (TPSA) is 68.3 Å². The number of amides is 1. The predicted molar refractivity (Wildman–Crippen MR) is 122 cm³/mol. The molecule has 1 heterocycles. The third-order valence-corrected chi connectivity index (χ3v) is 5.62. The van der Waals surface area contributed by atoms with E-state index >= 15 is 0 Å². The zero-order valence-corrected chi connectivity index (χ0v) is 19.4. The first-order valence-electron chi connectivity index (χ1n) is 10.7. The van der Waals surface area contributed by atoms with Crippen LogP contribution in [0.1, 0.15) is 35.8 Å². The van der Waals surface area contributed by atoms with Crippen molar-refractivity contribution in [3.05, 3.63) is 58.6 Å². The molecule has 8 heteroatoms. The molecular weight excluding hydrogens is 432 g/mol. The monoisotopic (exact) mass is 460 g/mol. The van der Waals surface area contributed by atoms with Gasteiger partial charge in [-0.1, -0.05) is 23.7 Å². The minimum absolute atomic E-state index is 0.0785. The number of carbonyl (C=O) groups is 2. The molecule has 0 N–H and O–H groups in total. The van der Waals surface area contributed by atoms with Gasteiger partial charge in [0.15, 0.2) is 11.5 Å². The Morgan fingerprint density at radius 2 is 1.66 bits per heavy atom. The fraction of sp³-hybridized carbons (Fsp3) is 0.417. The maximum atomic E-state index is 13.1. The maximum Gasteiger partial charge on any atom is 0.328 e. The lowest BCUT2D eigenvalue weighted by atomic mass is 10.0. The van der Waals surface area contributed by atoms with Gasteiger partial charge in [0.2, 0.25) is 0 Å². The van der Waals surface area contributed by atoms with Crippen LogP contribution in [-0.4, -0.2) is 68.2 Å². The third-order valence-electron chi connectivity index (χ3n) is 5.37. The van der Waals surface area contributed by atoms with Crippen LogP contribution in [0.4, 0.5) is 0 Å². The van der Waals surface area contributed by atoms with Crippen LogP contribution >= 0.6 is 11.6 Å². The number of carbonyl (C=O) groups excluding carboxylic acids is 2. The Morgan fingerprint density at radius 1 is 0.969 bits per heavy atom. The summed E-state index contributed by atoms with van der Waals surface area (Å²) in [7, 11) is 1.55. The van der Waals surface area contributed by atoms with E-state index < -0.39 is 6.04 Å². The number of piperazine rings is 1. The first kappa shape index (κ1) is 23.9. The Labute approximate surface area is 193 Å². The first-order valence-corrected chi connectivity index (χ1v) is 11.1. The van der Waals surface area contributed by atoms with Gasteiger partial charge in [0.25, 0.3) is 5.91 Å². The second-order valence-corrected chi connectivity index (χ2v) is 7.77. The van der Waals surface area contributed by atoms with Crippen molar-refractivity contribution in [2.24, 2.45) is 0 Å². The Hall–Kier alpha value is -2.77. The van der Waals surface area contributed by atoms with Crippen LogP contribution in [0.2, 0.25) is 5.02 Å². The van der Waals surface area contributed by atoms with E-state index in [2.05, 4.69) is 0 Å². The number of hydrogen-bond acceptors (Lipinski definition) is 6. The van der Waals surface area contributed by atoms with Gasteiger partial charge in [-0.15, -0.1) is 0 Å². The molecule has 3 rings (SSSR count). The fourth-order valence-electron chi connectivity index (χ4n) is 3.80. The Kier molecular flexibility index (Phi) is 8.36. The quantitative estimate of drug-likeness (QED) is 0.558. The van der Waals surface area contributed by atoms with E-state index in [1.165, 1.54) is 0 Å². The summed E-state index contributed by atoms with van der Waals surface area (Å²) in [6.07, 6.45) is 0. The summed E-state index contributed by atoms with van der Waals surface area (Å²) in [6.45, 7) is 6.60. The molecule has 0 aromatic heterocycles. The molecule has 1 aliphatic rings. The van der Waals surface area contributed by atoms with Gasteiger partial charge < -0.3 is 19.1 Å². The SMILES string of the molecule is CCOC(=O)C(c1ccc(Cl)cc1)N1CCN(C(=O)c2ccc(OCC)c(OC)c2)CC1. The minimum atomic E-state index is -0.532. The molecule has 1 amide bonds. The molecule has 32 heavy (non-hydrogen) atoms. The molecule has 0 saturated carbocycles. The van der Waals surface area contributed by atoms with Gasteiger partial charge in [-0.2, -0.15) is 0 Å². The molecule has 7 nitrogen and oxygen atoms in total. The smallest absolute Gasteiger partial charge is 0.328 e. The van der Waals surface area contributed by atoms with Crippen molar-refractivity contribution < 1.29 is 23.8 Å². The highest BCUT2D eigenvalue weighted by Crippen LogP contribution is 2.29. The molecule has 0 aliphatic carbocycles. The van der Waals surface area contributed by atoms with Crippen molar-refractivity contribution in [3.8, 4) is 11.5 Å². The van der Waals surface area contributed by atoms with E-state index in [0.717, 1.165) is 5.56 Å². The summed E-state index contributed by atoms with van der Waals surface area (Å²) in [5, 5.41) is 0.609. The second-order valence-electron chi connectivity index (χ2n) is 7.33. The molecule has 1 saturated heterocycles. The fourth-order valence-corrected chi connectivity index (χ4v) is 3.93. The van der Waals surface area contributed by atoms with Gasteiger partial charge in [0, 0.05) is 36.8 Å². The number of rotatable bonds is 8. The van der Waals surface area contributed by atoms with Crippen molar-refractivity contribution in [1.82, 2.24) is 9.80 Å². The Morgan fingerprint density at radius 3 is 2.25 bits per heavy atom. The minimum Gasteiger partial charge on any atom is -0.493 e. The molecule has 2 aromatic carbocycles. The number of benzene rings is 2. The molecular formula is C24H29ClN2O5. The normalized spacial score (nSPS) is 15.2. The van der Waals surface area contributed by atoms with Gasteiger partial charge in [0.1, 0.15) is 6.04 Å². The number of methoxy groups -OCH3 is 1.